The zero-order chi connectivity index (χ0) is 12.4. The van der Waals surface area contributed by atoms with Crippen LogP contribution in [0.15, 0.2) is 26.0 Å². The minimum Gasteiger partial charge on any atom is -0.361 e. The third-order valence-corrected chi connectivity index (χ3v) is 2.73. The summed E-state index contributed by atoms with van der Waals surface area (Å²) in [6, 6.07) is 1.54. The van der Waals surface area contributed by atoms with Crippen LogP contribution >= 0.6 is 31.9 Å². The number of aromatic nitrogens is 3. The summed E-state index contributed by atoms with van der Waals surface area (Å²) in [4.78, 5) is 19.8. The SMILES string of the molecule is Cc1cc(C(=O)Nc2ncc(Br)nc2Br)no1. The van der Waals surface area contributed by atoms with Crippen molar-refractivity contribution in [3.8, 4) is 0 Å². The fourth-order valence-electron chi connectivity index (χ4n) is 1.08. The molecule has 1 N–H and O–H groups in total. The lowest BCUT2D eigenvalue weighted by atomic mass is 10.3. The molecule has 2 aromatic heterocycles. The van der Waals surface area contributed by atoms with Crippen LogP contribution in [0.5, 0.6) is 0 Å². The van der Waals surface area contributed by atoms with Crippen LogP contribution < -0.4 is 5.32 Å². The molecule has 0 aliphatic heterocycles. The molecule has 17 heavy (non-hydrogen) atoms. The highest BCUT2D eigenvalue weighted by atomic mass is 79.9. The number of rotatable bonds is 2. The average Bonchev–Trinajstić information content (AvgIpc) is 2.69. The summed E-state index contributed by atoms with van der Waals surface area (Å²) >= 11 is 6.36. The number of anilines is 1. The fraction of sp³-hybridized carbons (Fsp3) is 0.111. The first-order valence-corrected chi connectivity index (χ1v) is 6.07. The Balaban J connectivity index is 2.18. The molecule has 0 bridgehead atoms. The first-order chi connectivity index (χ1) is 8.06. The molecule has 0 saturated heterocycles. The van der Waals surface area contributed by atoms with E-state index in [1.807, 2.05) is 0 Å². The fourth-order valence-corrected chi connectivity index (χ4v) is 1.99. The standard InChI is InChI=1S/C9H6Br2N4O2/c1-4-2-5(15-17-4)9(16)14-8-7(11)13-6(10)3-12-8/h2-3H,1H3,(H,12,14,16). The van der Waals surface area contributed by atoms with Crippen molar-refractivity contribution in [2.75, 3.05) is 5.32 Å². The molecule has 2 aromatic rings. The van der Waals surface area contributed by atoms with Gasteiger partial charge >= 0.3 is 0 Å². The number of hydrogen-bond donors (Lipinski definition) is 1. The molecule has 2 heterocycles. The van der Waals surface area contributed by atoms with Gasteiger partial charge in [0.25, 0.3) is 5.91 Å². The third-order valence-electron chi connectivity index (χ3n) is 1.79. The number of carbonyl (C=O) groups is 1. The van der Waals surface area contributed by atoms with E-state index >= 15 is 0 Å². The summed E-state index contributed by atoms with van der Waals surface area (Å²) in [7, 11) is 0. The number of nitrogens with one attached hydrogen (secondary N) is 1. The number of halogens is 2. The van der Waals surface area contributed by atoms with Crippen LogP contribution in [0.25, 0.3) is 0 Å². The van der Waals surface area contributed by atoms with E-state index in [4.69, 9.17) is 4.52 Å². The van der Waals surface area contributed by atoms with Crippen LogP contribution in [0.4, 0.5) is 5.82 Å². The van der Waals surface area contributed by atoms with Gasteiger partial charge in [-0.15, -0.1) is 0 Å². The van der Waals surface area contributed by atoms with Gasteiger partial charge in [0.1, 0.15) is 15.0 Å². The largest absolute Gasteiger partial charge is 0.361 e. The van der Waals surface area contributed by atoms with Gasteiger partial charge in [0.2, 0.25) is 0 Å². The van der Waals surface area contributed by atoms with Crippen molar-refractivity contribution in [2.24, 2.45) is 0 Å². The molecule has 0 aliphatic rings. The molecule has 1 amide bonds. The summed E-state index contributed by atoms with van der Waals surface area (Å²) in [5.41, 5.74) is 0.194. The highest BCUT2D eigenvalue weighted by molar-refractivity contribution is 9.11. The van der Waals surface area contributed by atoms with Crippen LogP contribution in [0.2, 0.25) is 0 Å². The summed E-state index contributed by atoms with van der Waals surface area (Å²) in [6.45, 7) is 1.71. The normalized spacial score (nSPS) is 10.3. The van der Waals surface area contributed by atoms with Gasteiger partial charge in [-0.25, -0.2) is 9.97 Å². The van der Waals surface area contributed by atoms with Crippen molar-refractivity contribution in [3.05, 3.63) is 32.9 Å². The minimum absolute atomic E-state index is 0.194. The van der Waals surface area contributed by atoms with Gasteiger partial charge in [0.05, 0.1) is 6.20 Å². The molecule has 0 aromatic carbocycles. The van der Waals surface area contributed by atoms with Crippen molar-refractivity contribution in [1.82, 2.24) is 15.1 Å². The quantitative estimate of drug-likeness (QED) is 0.888. The van der Waals surface area contributed by atoms with E-state index in [0.29, 0.717) is 20.8 Å². The van der Waals surface area contributed by atoms with Gasteiger partial charge < -0.3 is 9.84 Å². The molecule has 0 spiro atoms. The van der Waals surface area contributed by atoms with Gasteiger partial charge in [0.15, 0.2) is 11.5 Å². The van der Waals surface area contributed by atoms with Gasteiger partial charge in [-0.3, -0.25) is 4.79 Å². The lowest BCUT2D eigenvalue weighted by Gasteiger charge is -2.03. The molecular weight excluding hydrogens is 356 g/mol. The van der Waals surface area contributed by atoms with Crippen molar-refractivity contribution in [1.29, 1.82) is 0 Å². The monoisotopic (exact) mass is 360 g/mol. The highest BCUT2D eigenvalue weighted by Gasteiger charge is 2.14. The van der Waals surface area contributed by atoms with Crippen molar-refractivity contribution in [3.63, 3.8) is 0 Å². The Labute approximate surface area is 113 Å². The Hall–Kier alpha value is -1.28. The van der Waals surface area contributed by atoms with E-state index in [1.165, 1.54) is 12.3 Å². The number of hydrogen-bond acceptors (Lipinski definition) is 5. The Morgan fingerprint density at radius 3 is 2.82 bits per heavy atom. The van der Waals surface area contributed by atoms with Gasteiger partial charge in [-0.2, -0.15) is 0 Å². The van der Waals surface area contributed by atoms with E-state index in [9.17, 15) is 4.79 Å². The van der Waals surface area contributed by atoms with Crippen LogP contribution in [0.3, 0.4) is 0 Å². The van der Waals surface area contributed by atoms with E-state index < -0.39 is 5.91 Å². The van der Waals surface area contributed by atoms with Gasteiger partial charge in [0, 0.05) is 6.07 Å². The first kappa shape index (κ1) is 12.2. The second-order valence-corrected chi connectivity index (χ2v) is 4.67. The van der Waals surface area contributed by atoms with E-state index in [2.05, 4.69) is 52.3 Å². The molecule has 6 nitrogen and oxygen atoms in total. The second kappa shape index (κ2) is 4.92. The molecule has 0 fully saturated rings. The van der Waals surface area contributed by atoms with Gasteiger partial charge in [-0.05, 0) is 38.8 Å². The maximum atomic E-state index is 11.7. The first-order valence-electron chi connectivity index (χ1n) is 4.49. The van der Waals surface area contributed by atoms with Crippen molar-refractivity contribution < 1.29 is 9.32 Å². The summed E-state index contributed by atoms with van der Waals surface area (Å²) < 4.78 is 5.81. The molecule has 0 radical (unpaired) electrons. The Morgan fingerprint density at radius 1 is 1.47 bits per heavy atom. The van der Waals surface area contributed by atoms with E-state index in [1.54, 1.807) is 6.92 Å². The number of amides is 1. The number of nitrogens with zero attached hydrogens (tertiary/aromatic N) is 3. The Kier molecular flexibility index (Phi) is 3.53. The molecule has 0 saturated carbocycles. The number of carbonyl (C=O) groups excluding carboxylic acids is 1. The van der Waals surface area contributed by atoms with Crippen LogP contribution in [-0.4, -0.2) is 21.0 Å². The predicted octanol–water partition coefficient (Wildman–Crippen LogP) is 2.55. The highest BCUT2D eigenvalue weighted by Crippen LogP contribution is 2.19. The lowest BCUT2D eigenvalue weighted by Crippen LogP contribution is -2.14. The molecule has 2 rings (SSSR count). The van der Waals surface area contributed by atoms with E-state index in [-0.39, 0.29) is 5.69 Å². The zero-order valence-electron chi connectivity index (χ0n) is 8.57. The van der Waals surface area contributed by atoms with Crippen molar-refractivity contribution in [2.45, 2.75) is 6.92 Å². The molecule has 0 unspecified atom stereocenters. The summed E-state index contributed by atoms with van der Waals surface area (Å²) in [6.07, 6.45) is 1.48. The average molecular weight is 362 g/mol. The molecular formula is C9H6Br2N4O2. The Bertz CT molecular complexity index is 570. The lowest BCUT2D eigenvalue weighted by molar-refractivity contribution is 0.101. The summed E-state index contributed by atoms with van der Waals surface area (Å²) in [5, 5.41) is 6.16. The maximum Gasteiger partial charge on any atom is 0.279 e. The van der Waals surface area contributed by atoms with Crippen LogP contribution in [0.1, 0.15) is 16.2 Å². The maximum absolute atomic E-state index is 11.7. The Morgan fingerprint density at radius 2 is 2.24 bits per heavy atom. The van der Waals surface area contributed by atoms with Crippen molar-refractivity contribution >= 4 is 43.6 Å². The minimum atomic E-state index is -0.404. The molecule has 0 atom stereocenters. The van der Waals surface area contributed by atoms with Gasteiger partial charge in [-0.1, -0.05) is 5.16 Å². The topological polar surface area (TPSA) is 80.9 Å². The van der Waals surface area contributed by atoms with E-state index in [0.717, 1.165) is 0 Å². The van der Waals surface area contributed by atoms with Crippen LogP contribution in [0, 0.1) is 6.92 Å². The molecule has 8 heteroatoms. The molecule has 88 valence electrons. The second-order valence-electron chi connectivity index (χ2n) is 3.11. The predicted molar refractivity (Wildman–Crippen MR) is 66.6 cm³/mol. The third kappa shape index (κ3) is 2.89. The summed E-state index contributed by atoms with van der Waals surface area (Å²) in [5.74, 6) is 0.481. The zero-order valence-corrected chi connectivity index (χ0v) is 11.7. The number of aryl methyl sites for hydroxylation is 1. The molecule has 0 aliphatic carbocycles. The smallest absolute Gasteiger partial charge is 0.279 e. The van der Waals surface area contributed by atoms with Crippen LogP contribution in [-0.2, 0) is 0 Å².